The number of nitrogens with zero attached hydrogens (tertiary/aromatic N) is 1. The van der Waals surface area contributed by atoms with Crippen LogP contribution < -0.4 is 0 Å². The van der Waals surface area contributed by atoms with Crippen molar-refractivity contribution in [3.05, 3.63) is 17.9 Å². The van der Waals surface area contributed by atoms with Crippen molar-refractivity contribution in [2.75, 3.05) is 0 Å². The first-order valence-corrected chi connectivity index (χ1v) is 3.71. The Bertz CT molecular complexity index is 191. The van der Waals surface area contributed by atoms with Crippen LogP contribution in [-0.4, -0.2) is 0 Å². The lowest BCUT2D eigenvalue weighted by Crippen LogP contribution is -1.96. The second-order valence-corrected chi connectivity index (χ2v) is 2.57. The fourth-order valence-corrected chi connectivity index (χ4v) is 1.15. The molecule has 0 spiro atoms. The normalized spacial score (nSPS) is 22.5. The first-order valence-electron chi connectivity index (χ1n) is 3.71. The monoisotopic (exact) mass is 133 g/mol. The molecule has 1 rings (SSSR count). The number of rotatable bonds is 2. The molecule has 0 saturated carbocycles. The zero-order valence-electron chi connectivity index (χ0n) is 6.01. The van der Waals surface area contributed by atoms with Crippen molar-refractivity contribution in [1.82, 2.24) is 0 Å². The van der Waals surface area contributed by atoms with Crippen LogP contribution in [0, 0.1) is 17.2 Å². The Morgan fingerprint density at radius 3 is 3.20 bits per heavy atom. The molecule has 0 saturated heterocycles. The first-order chi connectivity index (χ1) is 4.93. The van der Waals surface area contributed by atoms with Gasteiger partial charge in [-0.05, 0) is 37.3 Å². The van der Waals surface area contributed by atoms with Gasteiger partial charge in [0, 0.05) is 6.42 Å². The van der Waals surface area contributed by atoms with Gasteiger partial charge in [-0.25, -0.2) is 0 Å². The molecule has 1 atom stereocenters. The van der Waals surface area contributed by atoms with Crippen LogP contribution >= 0.6 is 0 Å². The molecule has 1 aliphatic rings. The third-order valence-electron chi connectivity index (χ3n) is 1.76. The van der Waals surface area contributed by atoms with E-state index in [-0.39, 0.29) is 0 Å². The van der Waals surface area contributed by atoms with Gasteiger partial charge in [0.25, 0.3) is 0 Å². The van der Waals surface area contributed by atoms with Gasteiger partial charge < -0.3 is 0 Å². The van der Waals surface area contributed by atoms with E-state index in [1.54, 1.807) is 0 Å². The van der Waals surface area contributed by atoms with Gasteiger partial charge in [0.05, 0.1) is 6.07 Å². The van der Waals surface area contributed by atoms with Gasteiger partial charge in [0.1, 0.15) is 0 Å². The Labute approximate surface area is 61.7 Å². The topological polar surface area (TPSA) is 23.8 Å². The second kappa shape index (κ2) is 3.93. The highest BCUT2D eigenvalue weighted by Crippen LogP contribution is 2.17. The Hall–Kier alpha value is -0.990. The molecular formula is C9H11N. The highest BCUT2D eigenvalue weighted by atomic mass is 14.2. The Kier molecular flexibility index (Phi) is 2.80. The summed E-state index contributed by atoms with van der Waals surface area (Å²) < 4.78 is 0. The third kappa shape index (κ3) is 2.09. The number of nitriles is 1. The summed E-state index contributed by atoms with van der Waals surface area (Å²) in [7, 11) is 0. The molecule has 0 N–H and O–H groups in total. The number of hydrogen-bond acceptors (Lipinski definition) is 1. The maximum absolute atomic E-state index is 8.30. The molecule has 0 bridgehead atoms. The predicted molar refractivity (Wildman–Crippen MR) is 40.2 cm³/mol. The first kappa shape index (κ1) is 7.12. The minimum absolute atomic E-state index is 0.615. The molecular weight excluding hydrogens is 122 g/mol. The Balaban J connectivity index is 2.30. The van der Waals surface area contributed by atoms with Crippen molar-refractivity contribution < 1.29 is 0 Å². The van der Waals surface area contributed by atoms with Crippen LogP contribution in [0.3, 0.4) is 0 Å². The maximum Gasteiger partial charge on any atom is 0.0621 e. The molecule has 0 aliphatic heterocycles. The Morgan fingerprint density at radius 2 is 2.60 bits per heavy atom. The molecule has 0 fully saturated rings. The fraction of sp³-hybridized carbons (Fsp3) is 0.556. The van der Waals surface area contributed by atoms with Crippen LogP contribution in [0.1, 0.15) is 25.7 Å². The molecule has 52 valence electrons. The van der Waals surface area contributed by atoms with Gasteiger partial charge in [-0.2, -0.15) is 5.26 Å². The van der Waals surface area contributed by atoms with E-state index >= 15 is 0 Å². The van der Waals surface area contributed by atoms with Crippen LogP contribution in [0.15, 0.2) is 17.9 Å². The van der Waals surface area contributed by atoms with Crippen molar-refractivity contribution in [2.45, 2.75) is 25.7 Å². The van der Waals surface area contributed by atoms with Crippen LogP contribution in [0.4, 0.5) is 0 Å². The standard InChI is InChI=1S/C9H11N/c10-8-4-7-9-5-2-1-3-6-9/h1,6,9H,2,4-5,7H2. The van der Waals surface area contributed by atoms with Crippen molar-refractivity contribution in [2.24, 2.45) is 5.92 Å². The maximum atomic E-state index is 8.30. The van der Waals surface area contributed by atoms with Gasteiger partial charge in [-0.3, -0.25) is 0 Å². The van der Waals surface area contributed by atoms with Crippen LogP contribution in [0.5, 0.6) is 0 Å². The summed E-state index contributed by atoms with van der Waals surface area (Å²) in [6.07, 6.45) is 8.17. The van der Waals surface area contributed by atoms with Crippen molar-refractivity contribution in [3.63, 3.8) is 0 Å². The van der Waals surface area contributed by atoms with E-state index in [4.69, 9.17) is 5.26 Å². The smallest absolute Gasteiger partial charge is 0.0621 e. The average molecular weight is 133 g/mol. The van der Waals surface area contributed by atoms with Crippen LogP contribution in [0.2, 0.25) is 0 Å². The zero-order valence-corrected chi connectivity index (χ0v) is 6.01. The van der Waals surface area contributed by atoms with Gasteiger partial charge >= 0.3 is 0 Å². The second-order valence-electron chi connectivity index (χ2n) is 2.57. The van der Waals surface area contributed by atoms with E-state index in [1.807, 2.05) is 0 Å². The SMILES string of the molecule is N#CCCC1C=C=CCC1. The van der Waals surface area contributed by atoms with Gasteiger partial charge in [-0.1, -0.05) is 0 Å². The number of allylic oxidation sites excluding steroid dienone is 1. The molecule has 0 aromatic rings. The molecule has 1 unspecified atom stereocenters. The fourth-order valence-electron chi connectivity index (χ4n) is 1.15. The van der Waals surface area contributed by atoms with E-state index < -0.39 is 0 Å². The van der Waals surface area contributed by atoms with Crippen LogP contribution in [0.25, 0.3) is 0 Å². The molecule has 0 heterocycles. The number of hydrogen-bond donors (Lipinski definition) is 0. The third-order valence-corrected chi connectivity index (χ3v) is 1.76. The minimum atomic E-state index is 0.615. The highest BCUT2D eigenvalue weighted by Gasteiger charge is 2.04. The molecule has 10 heavy (non-hydrogen) atoms. The summed E-state index contributed by atoms with van der Waals surface area (Å²) in [5.41, 5.74) is 3.08. The largest absolute Gasteiger partial charge is 0.198 e. The van der Waals surface area contributed by atoms with Crippen LogP contribution in [-0.2, 0) is 0 Å². The van der Waals surface area contributed by atoms with E-state index in [1.165, 1.54) is 6.42 Å². The molecule has 0 amide bonds. The summed E-state index contributed by atoms with van der Waals surface area (Å²) in [5.74, 6) is 0.615. The zero-order chi connectivity index (χ0) is 7.23. The lowest BCUT2D eigenvalue weighted by molar-refractivity contribution is 0.551. The van der Waals surface area contributed by atoms with E-state index in [2.05, 4.69) is 24.0 Å². The van der Waals surface area contributed by atoms with E-state index in [0.29, 0.717) is 12.3 Å². The quantitative estimate of drug-likeness (QED) is 0.531. The highest BCUT2D eigenvalue weighted by molar-refractivity contribution is 4.96. The van der Waals surface area contributed by atoms with E-state index in [0.717, 1.165) is 12.8 Å². The minimum Gasteiger partial charge on any atom is -0.198 e. The lowest BCUT2D eigenvalue weighted by atomic mass is 9.95. The Morgan fingerprint density at radius 1 is 1.70 bits per heavy atom. The molecule has 0 radical (unpaired) electrons. The van der Waals surface area contributed by atoms with Crippen molar-refractivity contribution in [1.29, 1.82) is 5.26 Å². The molecule has 0 aromatic heterocycles. The summed E-state index contributed by atoms with van der Waals surface area (Å²) in [6, 6.07) is 2.16. The van der Waals surface area contributed by atoms with Gasteiger partial charge in [-0.15, -0.1) is 5.73 Å². The molecule has 1 heteroatoms. The summed E-state index contributed by atoms with van der Waals surface area (Å²) in [5, 5.41) is 8.30. The average Bonchev–Trinajstić information content (AvgIpc) is 2.03. The lowest BCUT2D eigenvalue weighted by Gasteiger charge is -2.09. The molecule has 1 aliphatic carbocycles. The van der Waals surface area contributed by atoms with Crippen molar-refractivity contribution >= 4 is 0 Å². The molecule has 1 nitrogen and oxygen atoms in total. The van der Waals surface area contributed by atoms with E-state index in [9.17, 15) is 0 Å². The van der Waals surface area contributed by atoms with Gasteiger partial charge in [0.15, 0.2) is 0 Å². The summed E-state index contributed by atoms with van der Waals surface area (Å²) in [4.78, 5) is 0. The van der Waals surface area contributed by atoms with Gasteiger partial charge in [0.2, 0.25) is 0 Å². The molecule has 0 aromatic carbocycles. The summed E-state index contributed by atoms with van der Waals surface area (Å²) in [6.45, 7) is 0. The predicted octanol–water partition coefficient (Wildman–Crippen LogP) is 2.41. The summed E-state index contributed by atoms with van der Waals surface area (Å²) >= 11 is 0. The van der Waals surface area contributed by atoms with Crippen molar-refractivity contribution in [3.8, 4) is 6.07 Å².